The molecular formula is C12H14N2O. The molecule has 0 bridgehead atoms. The summed E-state index contributed by atoms with van der Waals surface area (Å²) in [6.45, 7) is 1.89. The van der Waals surface area contributed by atoms with Crippen molar-refractivity contribution in [2.75, 3.05) is 0 Å². The van der Waals surface area contributed by atoms with Crippen molar-refractivity contribution in [2.24, 2.45) is 0 Å². The Balaban J connectivity index is 2.41. The van der Waals surface area contributed by atoms with Gasteiger partial charge in [-0.15, -0.1) is 12.3 Å². The molecule has 1 rings (SSSR count). The molecule has 0 aliphatic carbocycles. The molecule has 0 radical (unpaired) electrons. The van der Waals surface area contributed by atoms with E-state index in [1.165, 1.54) is 0 Å². The summed E-state index contributed by atoms with van der Waals surface area (Å²) in [6, 6.07) is 5.53. The van der Waals surface area contributed by atoms with Crippen molar-refractivity contribution in [3.8, 4) is 12.3 Å². The normalized spacial score (nSPS) is 11.5. The Bertz CT molecular complexity index is 354. The molecule has 3 heteroatoms. The van der Waals surface area contributed by atoms with E-state index in [2.05, 4.69) is 16.2 Å². The summed E-state index contributed by atoms with van der Waals surface area (Å²) < 4.78 is 0. The number of amides is 1. The molecule has 1 aromatic heterocycles. The molecule has 3 nitrogen and oxygen atoms in total. The van der Waals surface area contributed by atoms with Crippen molar-refractivity contribution in [3.63, 3.8) is 0 Å². The van der Waals surface area contributed by atoms with Gasteiger partial charge >= 0.3 is 0 Å². The molecule has 0 aliphatic heterocycles. The van der Waals surface area contributed by atoms with Gasteiger partial charge in [0.25, 0.3) is 0 Å². The van der Waals surface area contributed by atoms with Gasteiger partial charge in [-0.2, -0.15) is 0 Å². The first-order chi connectivity index (χ1) is 7.22. The van der Waals surface area contributed by atoms with E-state index in [-0.39, 0.29) is 11.9 Å². The number of carbonyl (C=O) groups excluding carboxylic acids is 1. The minimum absolute atomic E-state index is 0.0196. The Morgan fingerprint density at radius 1 is 1.67 bits per heavy atom. The smallest absolute Gasteiger partial charge is 0.226 e. The third-order valence-corrected chi connectivity index (χ3v) is 1.90. The predicted molar refractivity (Wildman–Crippen MR) is 59.0 cm³/mol. The van der Waals surface area contributed by atoms with Gasteiger partial charge in [0.05, 0.1) is 6.42 Å². The molecule has 1 N–H and O–H groups in total. The molecule has 1 unspecified atom stereocenters. The molecule has 1 atom stereocenters. The maximum absolute atomic E-state index is 11.5. The maximum atomic E-state index is 11.5. The highest BCUT2D eigenvalue weighted by atomic mass is 16.1. The standard InChI is InChI=1S/C12H14N2O/c1-3-6-10(2)14-12(15)9-11-7-4-5-8-13-11/h1,4-5,7-8,10H,6,9H2,2H3,(H,14,15). The molecule has 0 aromatic carbocycles. The lowest BCUT2D eigenvalue weighted by molar-refractivity contribution is -0.121. The molecule has 1 aromatic rings. The summed E-state index contributed by atoms with van der Waals surface area (Å²) in [6.07, 6.45) is 7.67. The van der Waals surface area contributed by atoms with Gasteiger partial charge in [-0.1, -0.05) is 6.07 Å². The second kappa shape index (κ2) is 5.82. The Morgan fingerprint density at radius 2 is 2.47 bits per heavy atom. The van der Waals surface area contributed by atoms with Crippen molar-refractivity contribution >= 4 is 5.91 Å². The summed E-state index contributed by atoms with van der Waals surface area (Å²) in [5.41, 5.74) is 0.767. The van der Waals surface area contributed by atoms with Crippen LogP contribution in [0.25, 0.3) is 0 Å². The van der Waals surface area contributed by atoms with Crippen molar-refractivity contribution in [1.82, 2.24) is 10.3 Å². The molecule has 78 valence electrons. The monoisotopic (exact) mass is 202 g/mol. The lowest BCUT2D eigenvalue weighted by atomic mass is 10.2. The fourth-order valence-corrected chi connectivity index (χ4v) is 1.22. The van der Waals surface area contributed by atoms with Crippen LogP contribution < -0.4 is 5.32 Å². The molecular weight excluding hydrogens is 188 g/mol. The highest BCUT2D eigenvalue weighted by molar-refractivity contribution is 5.78. The zero-order valence-electron chi connectivity index (χ0n) is 8.73. The largest absolute Gasteiger partial charge is 0.352 e. The van der Waals surface area contributed by atoms with Crippen LogP contribution in [-0.2, 0) is 11.2 Å². The predicted octanol–water partition coefficient (Wildman–Crippen LogP) is 1.15. The highest BCUT2D eigenvalue weighted by Gasteiger charge is 2.07. The van der Waals surface area contributed by atoms with Gasteiger partial charge in [0.2, 0.25) is 5.91 Å². The van der Waals surface area contributed by atoms with Gasteiger partial charge in [0.1, 0.15) is 0 Å². The molecule has 0 saturated heterocycles. The number of nitrogens with one attached hydrogen (secondary N) is 1. The maximum Gasteiger partial charge on any atom is 0.226 e. The van der Waals surface area contributed by atoms with E-state index in [1.54, 1.807) is 6.20 Å². The van der Waals surface area contributed by atoms with Crippen LogP contribution in [-0.4, -0.2) is 16.9 Å². The first kappa shape index (κ1) is 11.3. The third kappa shape index (κ3) is 4.28. The van der Waals surface area contributed by atoms with Gasteiger partial charge in [-0.05, 0) is 19.1 Å². The van der Waals surface area contributed by atoms with Crippen LogP contribution in [0.5, 0.6) is 0 Å². The Labute approximate surface area is 89.9 Å². The number of rotatable bonds is 4. The fourth-order valence-electron chi connectivity index (χ4n) is 1.22. The van der Waals surface area contributed by atoms with Crippen LogP contribution in [0.3, 0.4) is 0 Å². The third-order valence-electron chi connectivity index (χ3n) is 1.90. The van der Waals surface area contributed by atoms with E-state index in [0.717, 1.165) is 5.69 Å². The zero-order valence-corrected chi connectivity index (χ0v) is 8.73. The first-order valence-electron chi connectivity index (χ1n) is 4.85. The van der Waals surface area contributed by atoms with Crippen LogP contribution in [0.4, 0.5) is 0 Å². The van der Waals surface area contributed by atoms with Crippen LogP contribution in [0.2, 0.25) is 0 Å². The van der Waals surface area contributed by atoms with Gasteiger partial charge in [0, 0.05) is 24.4 Å². The quantitative estimate of drug-likeness (QED) is 0.744. The summed E-state index contributed by atoms with van der Waals surface area (Å²) in [5.74, 6) is 2.46. The second-order valence-corrected chi connectivity index (χ2v) is 3.37. The number of terminal acetylenes is 1. The van der Waals surface area contributed by atoms with Crippen LogP contribution in [0, 0.1) is 12.3 Å². The lowest BCUT2D eigenvalue weighted by Crippen LogP contribution is -2.33. The highest BCUT2D eigenvalue weighted by Crippen LogP contribution is 1.96. The van der Waals surface area contributed by atoms with Gasteiger partial charge in [-0.3, -0.25) is 9.78 Å². The van der Waals surface area contributed by atoms with Crippen molar-refractivity contribution < 1.29 is 4.79 Å². The van der Waals surface area contributed by atoms with Crippen LogP contribution in [0.1, 0.15) is 19.0 Å². The number of hydrogen-bond acceptors (Lipinski definition) is 2. The van der Waals surface area contributed by atoms with E-state index >= 15 is 0 Å². The SMILES string of the molecule is C#CCC(C)NC(=O)Cc1ccccn1. The van der Waals surface area contributed by atoms with E-state index in [4.69, 9.17) is 6.42 Å². The van der Waals surface area contributed by atoms with Crippen molar-refractivity contribution in [2.45, 2.75) is 25.8 Å². The molecule has 15 heavy (non-hydrogen) atoms. The molecule has 1 amide bonds. The van der Waals surface area contributed by atoms with E-state index in [1.807, 2.05) is 25.1 Å². The number of nitrogens with zero attached hydrogens (tertiary/aromatic N) is 1. The average Bonchev–Trinajstić information content (AvgIpc) is 2.19. The molecule has 0 aliphatic rings. The fraction of sp³-hybridized carbons (Fsp3) is 0.333. The van der Waals surface area contributed by atoms with E-state index < -0.39 is 0 Å². The second-order valence-electron chi connectivity index (χ2n) is 3.37. The summed E-state index contributed by atoms with van der Waals surface area (Å²) >= 11 is 0. The number of carbonyl (C=O) groups is 1. The summed E-state index contributed by atoms with van der Waals surface area (Å²) in [5, 5.41) is 2.81. The molecule has 0 saturated carbocycles. The van der Waals surface area contributed by atoms with Crippen molar-refractivity contribution in [1.29, 1.82) is 0 Å². The lowest BCUT2D eigenvalue weighted by Gasteiger charge is -2.10. The van der Waals surface area contributed by atoms with Crippen LogP contribution in [0.15, 0.2) is 24.4 Å². The molecule has 0 spiro atoms. The van der Waals surface area contributed by atoms with Crippen molar-refractivity contribution in [3.05, 3.63) is 30.1 Å². The minimum atomic E-state index is -0.0450. The Hall–Kier alpha value is -1.82. The average molecular weight is 202 g/mol. The Morgan fingerprint density at radius 3 is 3.07 bits per heavy atom. The molecule has 1 heterocycles. The number of aromatic nitrogens is 1. The number of pyridine rings is 1. The summed E-state index contributed by atoms with van der Waals surface area (Å²) in [7, 11) is 0. The van der Waals surface area contributed by atoms with E-state index in [9.17, 15) is 4.79 Å². The number of hydrogen-bond donors (Lipinski definition) is 1. The minimum Gasteiger partial charge on any atom is -0.352 e. The van der Waals surface area contributed by atoms with Crippen LogP contribution >= 0.6 is 0 Å². The van der Waals surface area contributed by atoms with Gasteiger partial charge in [0.15, 0.2) is 0 Å². The first-order valence-corrected chi connectivity index (χ1v) is 4.85. The Kier molecular flexibility index (Phi) is 4.36. The zero-order chi connectivity index (χ0) is 11.1. The molecule has 0 fully saturated rings. The van der Waals surface area contributed by atoms with E-state index in [0.29, 0.717) is 12.8 Å². The topological polar surface area (TPSA) is 42.0 Å². The van der Waals surface area contributed by atoms with Gasteiger partial charge in [-0.25, -0.2) is 0 Å². The summed E-state index contributed by atoms with van der Waals surface area (Å²) in [4.78, 5) is 15.5. The van der Waals surface area contributed by atoms with Gasteiger partial charge < -0.3 is 5.32 Å².